The van der Waals surface area contributed by atoms with Crippen molar-refractivity contribution in [1.82, 2.24) is 0 Å². The van der Waals surface area contributed by atoms with Gasteiger partial charge in [-0.05, 0) is 13.3 Å². The first-order chi connectivity index (χ1) is 7.93. The van der Waals surface area contributed by atoms with Crippen molar-refractivity contribution in [3.8, 4) is 0 Å². The van der Waals surface area contributed by atoms with Crippen LogP contribution in [0.1, 0.15) is 40.5 Å². The van der Waals surface area contributed by atoms with Crippen LogP contribution in [0.3, 0.4) is 0 Å². The number of Topliss-reactive ketones (excluding diaryl/α,β-unsaturated/α-hetero) is 2. The molecule has 0 spiro atoms. The standard InChI is InChI=1S/C13H22O4/c1-5-9(2)13(16)6-12(7-17-8-14)10(3)11(4)15/h8-10,12H,5-7H2,1-4H3/t9-,10-,12+/m1/s1. The van der Waals surface area contributed by atoms with Crippen LogP contribution >= 0.6 is 0 Å². The topological polar surface area (TPSA) is 60.4 Å². The van der Waals surface area contributed by atoms with Crippen molar-refractivity contribution in [1.29, 1.82) is 0 Å². The van der Waals surface area contributed by atoms with Crippen molar-refractivity contribution in [3.63, 3.8) is 0 Å². The summed E-state index contributed by atoms with van der Waals surface area (Å²) in [6.07, 6.45) is 1.08. The first-order valence-electron chi connectivity index (χ1n) is 6.02. The number of rotatable bonds is 9. The third-order valence-corrected chi connectivity index (χ3v) is 3.35. The Kier molecular flexibility index (Phi) is 7.42. The van der Waals surface area contributed by atoms with Gasteiger partial charge in [-0.2, -0.15) is 0 Å². The van der Waals surface area contributed by atoms with Gasteiger partial charge in [0.15, 0.2) is 0 Å². The fraction of sp³-hybridized carbons (Fsp3) is 0.769. The quantitative estimate of drug-likeness (QED) is 0.580. The van der Waals surface area contributed by atoms with Crippen LogP contribution in [0.2, 0.25) is 0 Å². The fourth-order valence-corrected chi connectivity index (χ4v) is 1.56. The third-order valence-electron chi connectivity index (χ3n) is 3.35. The first-order valence-corrected chi connectivity index (χ1v) is 6.02. The number of hydrogen-bond acceptors (Lipinski definition) is 4. The van der Waals surface area contributed by atoms with Crippen LogP contribution in [-0.4, -0.2) is 24.6 Å². The molecular weight excluding hydrogens is 220 g/mol. The summed E-state index contributed by atoms with van der Waals surface area (Å²) < 4.78 is 4.70. The van der Waals surface area contributed by atoms with Crippen LogP contribution in [0.25, 0.3) is 0 Å². The average molecular weight is 242 g/mol. The van der Waals surface area contributed by atoms with Gasteiger partial charge < -0.3 is 4.74 Å². The molecule has 0 heterocycles. The second-order valence-electron chi connectivity index (χ2n) is 4.57. The number of ketones is 2. The zero-order valence-corrected chi connectivity index (χ0v) is 11.1. The summed E-state index contributed by atoms with van der Waals surface area (Å²) in [6.45, 7) is 7.57. The largest absolute Gasteiger partial charge is 0.468 e. The lowest BCUT2D eigenvalue weighted by molar-refractivity contribution is -0.135. The summed E-state index contributed by atoms with van der Waals surface area (Å²) in [7, 11) is 0. The Morgan fingerprint density at radius 3 is 2.29 bits per heavy atom. The third kappa shape index (κ3) is 5.61. The molecule has 0 aromatic rings. The Hall–Kier alpha value is -1.19. The SMILES string of the molecule is CC[C@@H](C)C(=O)C[C@@H](COC=O)[C@H](C)C(C)=O. The molecule has 0 rings (SSSR count). The summed E-state index contributed by atoms with van der Waals surface area (Å²) >= 11 is 0. The fourth-order valence-electron chi connectivity index (χ4n) is 1.56. The maximum Gasteiger partial charge on any atom is 0.293 e. The highest BCUT2D eigenvalue weighted by Gasteiger charge is 2.26. The molecule has 0 bridgehead atoms. The van der Waals surface area contributed by atoms with E-state index in [4.69, 9.17) is 4.74 Å². The second kappa shape index (κ2) is 7.98. The van der Waals surface area contributed by atoms with Crippen molar-refractivity contribution >= 4 is 18.0 Å². The molecule has 0 radical (unpaired) electrons. The Bertz CT molecular complexity index is 273. The molecule has 0 amide bonds. The lowest BCUT2D eigenvalue weighted by Gasteiger charge is -2.21. The normalized spacial score (nSPS) is 15.8. The highest BCUT2D eigenvalue weighted by atomic mass is 16.5. The van der Waals surface area contributed by atoms with Crippen molar-refractivity contribution in [2.75, 3.05) is 6.61 Å². The van der Waals surface area contributed by atoms with Crippen LogP contribution in [0.5, 0.6) is 0 Å². The molecular formula is C13H22O4. The van der Waals surface area contributed by atoms with Gasteiger partial charge in [-0.15, -0.1) is 0 Å². The van der Waals surface area contributed by atoms with E-state index in [1.54, 1.807) is 6.92 Å². The van der Waals surface area contributed by atoms with Gasteiger partial charge in [0.05, 0.1) is 6.61 Å². The van der Waals surface area contributed by atoms with Gasteiger partial charge >= 0.3 is 0 Å². The number of hydrogen-bond donors (Lipinski definition) is 0. The minimum atomic E-state index is -0.261. The smallest absolute Gasteiger partial charge is 0.293 e. The predicted molar refractivity (Wildman–Crippen MR) is 64.4 cm³/mol. The van der Waals surface area contributed by atoms with E-state index in [1.807, 2.05) is 13.8 Å². The van der Waals surface area contributed by atoms with E-state index in [1.165, 1.54) is 6.92 Å². The summed E-state index contributed by atoms with van der Waals surface area (Å²) in [5, 5.41) is 0. The van der Waals surface area contributed by atoms with E-state index >= 15 is 0 Å². The van der Waals surface area contributed by atoms with Crippen molar-refractivity contribution in [2.45, 2.75) is 40.5 Å². The molecule has 0 N–H and O–H groups in total. The molecule has 0 aromatic heterocycles. The molecule has 0 aromatic carbocycles. The zero-order chi connectivity index (χ0) is 13.4. The van der Waals surface area contributed by atoms with E-state index in [-0.39, 0.29) is 35.9 Å². The summed E-state index contributed by atoms with van der Waals surface area (Å²) in [6, 6.07) is 0. The van der Waals surface area contributed by atoms with Crippen molar-refractivity contribution < 1.29 is 19.1 Å². The van der Waals surface area contributed by atoms with Crippen LogP contribution in [0.4, 0.5) is 0 Å². The maximum absolute atomic E-state index is 11.8. The van der Waals surface area contributed by atoms with Gasteiger partial charge in [0, 0.05) is 24.2 Å². The first kappa shape index (κ1) is 15.8. The van der Waals surface area contributed by atoms with E-state index in [0.29, 0.717) is 12.9 Å². The van der Waals surface area contributed by atoms with Gasteiger partial charge in [-0.1, -0.05) is 20.8 Å². The lowest BCUT2D eigenvalue weighted by atomic mass is 9.84. The molecule has 0 aliphatic carbocycles. The monoisotopic (exact) mass is 242 g/mol. The van der Waals surface area contributed by atoms with E-state index in [9.17, 15) is 14.4 Å². The maximum atomic E-state index is 11.8. The molecule has 0 aliphatic rings. The number of carbonyl (C=O) groups excluding carboxylic acids is 3. The molecule has 0 saturated carbocycles. The average Bonchev–Trinajstić information content (AvgIpc) is 2.31. The molecule has 4 heteroatoms. The molecule has 0 saturated heterocycles. The molecule has 17 heavy (non-hydrogen) atoms. The van der Waals surface area contributed by atoms with Crippen molar-refractivity contribution in [2.24, 2.45) is 17.8 Å². The van der Waals surface area contributed by atoms with E-state index < -0.39 is 0 Å². The van der Waals surface area contributed by atoms with Crippen molar-refractivity contribution in [3.05, 3.63) is 0 Å². The Morgan fingerprint density at radius 1 is 1.29 bits per heavy atom. The van der Waals surface area contributed by atoms with Crippen LogP contribution in [0, 0.1) is 17.8 Å². The summed E-state index contributed by atoms with van der Waals surface area (Å²) in [5.74, 6) is -0.336. The molecule has 3 atom stereocenters. The van der Waals surface area contributed by atoms with Gasteiger partial charge in [0.1, 0.15) is 11.6 Å². The van der Waals surface area contributed by atoms with Gasteiger partial charge in [-0.25, -0.2) is 0 Å². The molecule has 0 fully saturated rings. The van der Waals surface area contributed by atoms with Gasteiger partial charge in [-0.3, -0.25) is 14.4 Å². The Balaban J connectivity index is 4.52. The molecule has 98 valence electrons. The summed E-state index contributed by atoms with van der Waals surface area (Å²) in [4.78, 5) is 33.3. The van der Waals surface area contributed by atoms with Gasteiger partial charge in [0.25, 0.3) is 6.47 Å². The highest BCUT2D eigenvalue weighted by Crippen LogP contribution is 2.20. The lowest BCUT2D eigenvalue weighted by Crippen LogP contribution is -2.27. The Morgan fingerprint density at radius 2 is 1.88 bits per heavy atom. The molecule has 4 nitrogen and oxygen atoms in total. The van der Waals surface area contributed by atoms with Gasteiger partial charge in [0.2, 0.25) is 0 Å². The molecule has 0 aliphatic heterocycles. The number of carbonyl (C=O) groups is 3. The Labute approximate surface area is 103 Å². The minimum Gasteiger partial charge on any atom is -0.468 e. The molecule has 0 unspecified atom stereocenters. The van der Waals surface area contributed by atoms with Crippen LogP contribution < -0.4 is 0 Å². The van der Waals surface area contributed by atoms with E-state index in [2.05, 4.69) is 0 Å². The van der Waals surface area contributed by atoms with E-state index in [0.717, 1.165) is 6.42 Å². The van der Waals surface area contributed by atoms with Crippen LogP contribution in [-0.2, 0) is 19.1 Å². The van der Waals surface area contributed by atoms with Crippen LogP contribution in [0.15, 0.2) is 0 Å². The summed E-state index contributed by atoms with van der Waals surface area (Å²) in [5.41, 5.74) is 0. The zero-order valence-electron chi connectivity index (χ0n) is 11.1. The predicted octanol–water partition coefficient (Wildman–Crippen LogP) is 2.01. The second-order valence-corrected chi connectivity index (χ2v) is 4.57. The minimum absolute atomic E-state index is 0.00658. The highest BCUT2D eigenvalue weighted by molar-refractivity contribution is 5.83. The number of ether oxygens (including phenoxy) is 1.